The van der Waals surface area contributed by atoms with Crippen molar-refractivity contribution in [3.05, 3.63) is 151 Å². The minimum atomic E-state index is -0.245. The van der Waals surface area contributed by atoms with Crippen LogP contribution in [0.25, 0.3) is 69.6 Å². The van der Waals surface area contributed by atoms with Gasteiger partial charge < -0.3 is 14.6 Å². The van der Waals surface area contributed by atoms with E-state index in [2.05, 4.69) is 155 Å². The number of fused-ring (bicyclic) bond motifs is 10. The van der Waals surface area contributed by atoms with E-state index in [0.717, 1.165) is 22.7 Å². The lowest BCUT2D eigenvalue weighted by Gasteiger charge is -2.15. The minimum Gasteiger partial charge on any atom is -0.464 e. The highest BCUT2D eigenvalue weighted by Crippen LogP contribution is 2.48. The summed E-state index contributed by atoms with van der Waals surface area (Å²) in [6, 6.07) is 52.4. The van der Waals surface area contributed by atoms with Gasteiger partial charge in [0.15, 0.2) is 6.23 Å². The molecule has 3 heterocycles. The smallest absolute Gasteiger partial charge is 0.196 e. The Balaban J connectivity index is 1.11. The summed E-state index contributed by atoms with van der Waals surface area (Å²) in [5.74, 6) is 0.906. The van der Waals surface area contributed by atoms with E-state index in [1.165, 1.54) is 63.9 Å². The van der Waals surface area contributed by atoms with Crippen molar-refractivity contribution < 1.29 is 4.74 Å². The van der Waals surface area contributed by atoms with Crippen LogP contribution < -0.4 is 10.1 Å². The Kier molecular flexibility index (Phi) is 5.22. The largest absolute Gasteiger partial charge is 0.464 e. The van der Waals surface area contributed by atoms with Gasteiger partial charge in [-0.25, -0.2) is 0 Å². The molecule has 0 spiro atoms. The summed E-state index contributed by atoms with van der Waals surface area (Å²) in [6.45, 7) is 0. The van der Waals surface area contributed by atoms with Gasteiger partial charge in [0.25, 0.3) is 0 Å². The zero-order valence-corrected chi connectivity index (χ0v) is 25.0. The highest BCUT2D eigenvalue weighted by Gasteiger charge is 2.27. The third-order valence-corrected chi connectivity index (χ3v) is 10.4. The van der Waals surface area contributed by atoms with Gasteiger partial charge in [0.1, 0.15) is 5.75 Å². The van der Waals surface area contributed by atoms with Crippen molar-refractivity contribution >= 4 is 69.8 Å². The molecule has 10 rings (SSSR count). The van der Waals surface area contributed by atoms with Gasteiger partial charge in [-0.05, 0) is 59.0 Å². The third kappa shape index (κ3) is 3.63. The number of benzene rings is 7. The van der Waals surface area contributed by atoms with E-state index in [4.69, 9.17) is 4.74 Å². The van der Waals surface area contributed by atoms with Gasteiger partial charge in [-0.3, -0.25) is 0 Å². The molecular formula is C41H26N2OS. The van der Waals surface area contributed by atoms with Crippen LogP contribution in [-0.2, 0) is 0 Å². The maximum absolute atomic E-state index is 6.49. The number of para-hydroxylation sites is 1. The monoisotopic (exact) mass is 594 g/mol. The predicted octanol–water partition coefficient (Wildman–Crippen LogP) is 11.5. The van der Waals surface area contributed by atoms with E-state index in [9.17, 15) is 0 Å². The molecule has 3 nitrogen and oxygen atoms in total. The van der Waals surface area contributed by atoms with Crippen LogP contribution in [0.3, 0.4) is 0 Å². The molecule has 0 saturated carbocycles. The first kappa shape index (κ1) is 24.8. The van der Waals surface area contributed by atoms with Crippen LogP contribution in [-0.4, -0.2) is 4.57 Å². The quantitative estimate of drug-likeness (QED) is 0.220. The first-order chi connectivity index (χ1) is 22.3. The van der Waals surface area contributed by atoms with E-state index in [0.29, 0.717) is 0 Å². The van der Waals surface area contributed by atoms with Crippen molar-refractivity contribution in [2.45, 2.75) is 6.23 Å². The predicted molar refractivity (Wildman–Crippen MR) is 190 cm³/mol. The second-order valence-electron chi connectivity index (χ2n) is 11.7. The Bertz CT molecular complexity index is 2600. The summed E-state index contributed by atoms with van der Waals surface area (Å²) < 4.78 is 11.5. The fraction of sp³-hybridized carbons (Fsp3) is 0.0244. The summed E-state index contributed by atoms with van der Waals surface area (Å²) in [4.78, 5) is 0. The summed E-state index contributed by atoms with van der Waals surface area (Å²) in [6.07, 6.45) is -0.245. The Labute approximate surface area is 263 Å². The Morgan fingerprint density at radius 2 is 1.29 bits per heavy atom. The van der Waals surface area contributed by atoms with Crippen molar-refractivity contribution in [2.75, 3.05) is 5.32 Å². The topological polar surface area (TPSA) is 26.2 Å². The number of ether oxygens (including phenoxy) is 1. The lowest BCUT2D eigenvalue weighted by molar-refractivity contribution is 0.260. The van der Waals surface area contributed by atoms with Gasteiger partial charge in [-0.2, -0.15) is 0 Å². The fourth-order valence-corrected chi connectivity index (χ4v) is 8.34. The number of nitrogens with zero attached hydrogens (tertiary/aromatic N) is 1. The van der Waals surface area contributed by atoms with E-state index in [-0.39, 0.29) is 6.23 Å². The Morgan fingerprint density at radius 3 is 2.13 bits per heavy atom. The number of anilines is 1. The van der Waals surface area contributed by atoms with Crippen LogP contribution in [0.15, 0.2) is 146 Å². The number of hydrogen-bond acceptors (Lipinski definition) is 3. The molecule has 0 fully saturated rings. The van der Waals surface area contributed by atoms with Crippen LogP contribution in [0.5, 0.6) is 5.75 Å². The van der Waals surface area contributed by atoms with E-state index in [1.54, 1.807) is 0 Å². The lowest BCUT2D eigenvalue weighted by atomic mass is 9.95. The SMILES string of the molecule is c1ccc(-c2cc3c4ccccc4n(-c4ccc(C5Nc6c(ccc7sc8ccccc8c67)O5)cc4)c3c3ccccc23)cc1. The number of nitrogens with one attached hydrogen (secondary N) is 1. The molecule has 0 bridgehead atoms. The van der Waals surface area contributed by atoms with Crippen LogP contribution in [0.1, 0.15) is 11.8 Å². The first-order valence-corrected chi connectivity index (χ1v) is 16.1. The van der Waals surface area contributed by atoms with Gasteiger partial charge in [-0.15, -0.1) is 11.3 Å². The maximum atomic E-state index is 6.49. The molecule has 4 heteroatoms. The first-order valence-electron chi connectivity index (χ1n) is 15.3. The summed E-state index contributed by atoms with van der Waals surface area (Å²) in [7, 11) is 0. The highest BCUT2D eigenvalue weighted by atomic mass is 32.1. The average molecular weight is 595 g/mol. The number of aromatic nitrogens is 1. The molecule has 0 amide bonds. The average Bonchev–Trinajstić information content (AvgIpc) is 3.80. The summed E-state index contributed by atoms with van der Waals surface area (Å²) in [5.41, 5.74) is 8.23. The van der Waals surface area contributed by atoms with Crippen molar-refractivity contribution in [3.8, 4) is 22.6 Å². The van der Waals surface area contributed by atoms with Crippen LogP contribution in [0.4, 0.5) is 5.69 Å². The molecule has 9 aromatic rings. The van der Waals surface area contributed by atoms with E-state index in [1.807, 2.05) is 11.3 Å². The minimum absolute atomic E-state index is 0.245. The number of hydrogen-bond donors (Lipinski definition) is 1. The molecule has 1 atom stereocenters. The lowest BCUT2D eigenvalue weighted by Crippen LogP contribution is -2.10. The van der Waals surface area contributed by atoms with Crippen LogP contribution in [0, 0.1) is 0 Å². The number of thiophene rings is 1. The zero-order valence-electron chi connectivity index (χ0n) is 24.2. The second-order valence-corrected chi connectivity index (χ2v) is 12.8. The summed E-state index contributed by atoms with van der Waals surface area (Å²) >= 11 is 1.83. The molecule has 2 aromatic heterocycles. The second kappa shape index (κ2) is 9.46. The molecule has 1 aliphatic rings. The zero-order chi connectivity index (χ0) is 29.5. The van der Waals surface area contributed by atoms with Gasteiger partial charge in [0, 0.05) is 47.6 Å². The number of rotatable bonds is 3. The van der Waals surface area contributed by atoms with E-state index >= 15 is 0 Å². The highest BCUT2D eigenvalue weighted by molar-refractivity contribution is 7.26. The molecule has 1 aliphatic heterocycles. The Hall–Kier alpha value is -5.58. The third-order valence-electron chi connectivity index (χ3n) is 9.24. The fourth-order valence-electron chi connectivity index (χ4n) is 7.22. The molecule has 0 saturated heterocycles. The molecule has 1 N–H and O–H groups in total. The molecule has 212 valence electrons. The van der Waals surface area contributed by atoms with Gasteiger partial charge >= 0.3 is 0 Å². The van der Waals surface area contributed by atoms with Crippen LogP contribution >= 0.6 is 11.3 Å². The van der Waals surface area contributed by atoms with Crippen molar-refractivity contribution in [1.82, 2.24) is 4.57 Å². The van der Waals surface area contributed by atoms with Crippen molar-refractivity contribution in [3.63, 3.8) is 0 Å². The van der Waals surface area contributed by atoms with Crippen molar-refractivity contribution in [1.29, 1.82) is 0 Å². The van der Waals surface area contributed by atoms with Crippen molar-refractivity contribution in [2.24, 2.45) is 0 Å². The molecular weight excluding hydrogens is 569 g/mol. The molecule has 7 aromatic carbocycles. The summed E-state index contributed by atoms with van der Waals surface area (Å²) in [5, 5.41) is 11.2. The molecule has 45 heavy (non-hydrogen) atoms. The molecule has 0 radical (unpaired) electrons. The molecule has 1 unspecified atom stereocenters. The standard InChI is InChI=1S/C41H26N2OS/c1-2-10-25(11-3-1)32-24-33-29-13-6-8-16-34(29)43(40(33)30-14-5-4-12-28(30)32)27-20-18-26(19-21-27)41-42-39-35(44-41)22-23-37-38(39)31-15-7-9-17-36(31)45-37/h1-24,41-42H. The van der Waals surface area contributed by atoms with Crippen LogP contribution in [0.2, 0.25) is 0 Å². The molecule has 0 aliphatic carbocycles. The normalized spacial score (nSPS) is 14.4. The van der Waals surface area contributed by atoms with Gasteiger partial charge in [0.2, 0.25) is 0 Å². The van der Waals surface area contributed by atoms with Gasteiger partial charge in [0.05, 0.1) is 16.7 Å². The Morgan fingerprint density at radius 1 is 0.578 bits per heavy atom. The maximum Gasteiger partial charge on any atom is 0.196 e. The van der Waals surface area contributed by atoms with Gasteiger partial charge in [-0.1, -0.05) is 103 Å². The van der Waals surface area contributed by atoms with E-state index < -0.39 is 0 Å².